The molecule has 1 atom stereocenters. The first-order valence-corrected chi connectivity index (χ1v) is 6.63. The summed E-state index contributed by atoms with van der Waals surface area (Å²) >= 11 is 0. The monoisotopic (exact) mass is 252 g/mol. The second kappa shape index (κ2) is 6.17. The molecule has 6 nitrogen and oxygen atoms in total. The number of carboxylic acids is 1. The van der Waals surface area contributed by atoms with Gasteiger partial charge >= 0.3 is 5.97 Å². The van der Waals surface area contributed by atoms with Crippen LogP contribution >= 0.6 is 0 Å². The highest BCUT2D eigenvalue weighted by molar-refractivity contribution is 7.87. The van der Waals surface area contributed by atoms with E-state index in [1.807, 2.05) is 13.8 Å². The lowest BCUT2D eigenvalue weighted by Crippen LogP contribution is -2.49. The first-order valence-electron chi connectivity index (χ1n) is 5.15. The molecule has 96 valence electrons. The Morgan fingerprint density at radius 2 is 1.75 bits per heavy atom. The first kappa shape index (κ1) is 15.3. The molecule has 0 amide bonds. The summed E-state index contributed by atoms with van der Waals surface area (Å²) in [5.74, 6) is -1.32. The predicted octanol–water partition coefficient (Wildman–Crippen LogP) is 0.176. The molecule has 0 aliphatic carbocycles. The zero-order valence-corrected chi connectivity index (χ0v) is 10.8. The van der Waals surface area contributed by atoms with Crippen molar-refractivity contribution in [2.24, 2.45) is 11.8 Å². The number of hydrogen-bond acceptors (Lipinski definition) is 3. The van der Waals surface area contributed by atoms with E-state index in [4.69, 9.17) is 5.11 Å². The minimum Gasteiger partial charge on any atom is -0.480 e. The SMILES string of the molecule is CC(C)CNS(=O)(=O)N[C@H](C(=O)O)C(C)C. The zero-order chi connectivity index (χ0) is 12.9. The largest absolute Gasteiger partial charge is 0.480 e. The minimum absolute atomic E-state index is 0.166. The van der Waals surface area contributed by atoms with Gasteiger partial charge in [0.15, 0.2) is 0 Å². The summed E-state index contributed by atoms with van der Waals surface area (Å²) in [7, 11) is -3.75. The van der Waals surface area contributed by atoms with Crippen molar-refractivity contribution in [3.05, 3.63) is 0 Å². The standard InChI is InChI=1S/C9H20N2O4S/c1-6(2)5-10-16(14,15)11-8(7(3)4)9(12)13/h6-8,10-11H,5H2,1-4H3,(H,12,13)/t8-/m0/s1. The van der Waals surface area contributed by atoms with Gasteiger partial charge in [0.2, 0.25) is 0 Å². The number of hydrogen-bond donors (Lipinski definition) is 3. The third kappa shape index (κ3) is 6.04. The van der Waals surface area contributed by atoms with Gasteiger partial charge in [-0.05, 0) is 11.8 Å². The molecule has 0 bridgehead atoms. The zero-order valence-electron chi connectivity index (χ0n) is 10.0. The molecular formula is C9H20N2O4S. The summed E-state index contributed by atoms with van der Waals surface area (Å²) in [6, 6.07) is -1.11. The Bertz CT molecular complexity index is 324. The summed E-state index contributed by atoms with van der Waals surface area (Å²) in [6.45, 7) is 7.28. The molecule has 0 aromatic rings. The summed E-state index contributed by atoms with van der Waals surface area (Å²) in [4.78, 5) is 10.8. The summed E-state index contributed by atoms with van der Waals surface area (Å²) in [5.41, 5.74) is 0. The van der Waals surface area contributed by atoms with Gasteiger partial charge in [0.05, 0.1) is 0 Å². The lowest BCUT2D eigenvalue weighted by Gasteiger charge is -2.18. The third-order valence-electron chi connectivity index (χ3n) is 1.90. The topological polar surface area (TPSA) is 95.5 Å². The molecule has 0 fully saturated rings. The number of carboxylic acid groups (broad SMARTS) is 1. The Balaban J connectivity index is 4.49. The molecule has 0 heterocycles. The van der Waals surface area contributed by atoms with Crippen LogP contribution in [0.1, 0.15) is 27.7 Å². The number of nitrogens with one attached hydrogen (secondary N) is 2. The quantitative estimate of drug-likeness (QED) is 0.602. The maximum absolute atomic E-state index is 11.5. The Morgan fingerprint density at radius 3 is 2.06 bits per heavy atom. The minimum atomic E-state index is -3.75. The van der Waals surface area contributed by atoms with E-state index < -0.39 is 22.2 Å². The Kier molecular flexibility index (Phi) is 5.91. The van der Waals surface area contributed by atoms with Crippen LogP contribution in [0.15, 0.2) is 0 Å². The van der Waals surface area contributed by atoms with Crippen LogP contribution in [0.25, 0.3) is 0 Å². The summed E-state index contributed by atoms with van der Waals surface area (Å²) < 4.78 is 27.3. The van der Waals surface area contributed by atoms with Gasteiger partial charge in [-0.3, -0.25) is 4.79 Å². The van der Waals surface area contributed by atoms with Crippen LogP contribution in [-0.2, 0) is 15.0 Å². The number of rotatable bonds is 7. The lowest BCUT2D eigenvalue weighted by molar-refractivity contribution is -0.140. The van der Waals surface area contributed by atoms with E-state index >= 15 is 0 Å². The van der Waals surface area contributed by atoms with Crippen LogP contribution in [0, 0.1) is 11.8 Å². The van der Waals surface area contributed by atoms with Gasteiger partial charge in [-0.25, -0.2) is 4.72 Å². The van der Waals surface area contributed by atoms with Crippen LogP contribution in [0.4, 0.5) is 0 Å². The molecule has 0 rings (SSSR count). The maximum Gasteiger partial charge on any atom is 0.322 e. The fraction of sp³-hybridized carbons (Fsp3) is 0.889. The Morgan fingerprint density at radius 1 is 1.25 bits per heavy atom. The van der Waals surface area contributed by atoms with Gasteiger partial charge < -0.3 is 5.11 Å². The molecule has 0 aliphatic rings. The molecule has 3 N–H and O–H groups in total. The molecular weight excluding hydrogens is 232 g/mol. The molecule has 0 saturated heterocycles. The Labute approximate surface area is 96.6 Å². The van der Waals surface area contributed by atoms with Gasteiger partial charge in [0.1, 0.15) is 6.04 Å². The molecule has 0 saturated carbocycles. The van der Waals surface area contributed by atoms with Crippen molar-refractivity contribution < 1.29 is 18.3 Å². The van der Waals surface area contributed by atoms with Gasteiger partial charge in [0, 0.05) is 6.54 Å². The van der Waals surface area contributed by atoms with Crippen LogP contribution in [0.3, 0.4) is 0 Å². The highest BCUT2D eigenvalue weighted by Gasteiger charge is 2.26. The van der Waals surface area contributed by atoms with Crippen LogP contribution in [-0.4, -0.2) is 32.1 Å². The smallest absolute Gasteiger partial charge is 0.322 e. The lowest BCUT2D eigenvalue weighted by atomic mass is 10.1. The summed E-state index contributed by atoms with van der Waals surface area (Å²) in [6.07, 6.45) is 0. The van der Waals surface area contributed by atoms with Gasteiger partial charge in [-0.2, -0.15) is 13.1 Å². The van der Waals surface area contributed by atoms with Gasteiger partial charge in [-0.1, -0.05) is 27.7 Å². The molecule has 0 radical (unpaired) electrons. The van der Waals surface area contributed by atoms with E-state index in [1.165, 1.54) is 0 Å². The van der Waals surface area contributed by atoms with E-state index in [2.05, 4.69) is 9.44 Å². The predicted molar refractivity (Wildman–Crippen MR) is 61.2 cm³/mol. The second-order valence-electron chi connectivity index (χ2n) is 4.42. The van der Waals surface area contributed by atoms with Crippen molar-refractivity contribution in [2.45, 2.75) is 33.7 Å². The van der Waals surface area contributed by atoms with E-state index in [1.54, 1.807) is 13.8 Å². The molecule has 0 unspecified atom stereocenters. The molecule has 16 heavy (non-hydrogen) atoms. The van der Waals surface area contributed by atoms with Gasteiger partial charge in [0.25, 0.3) is 10.2 Å². The molecule has 0 aromatic heterocycles. The van der Waals surface area contributed by atoms with Crippen molar-refractivity contribution in [3.63, 3.8) is 0 Å². The Hall–Kier alpha value is -0.660. The molecule has 0 spiro atoms. The summed E-state index contributed by atoms with van der Waals surface area (Å²) in [5, 5.41) is 8.83. The van der Waals surface area contributed by atoms with E-state index in [9.17, 15) is 13.2 Å². The maximum atomic E-state index is 11.5. The molecule has 0 aliphatic heterocycles. The van der Waals surface area contributed by atoms with Crippen LogP contribution < -0.4 is 9.44 Å². The first-order chi connectivity index (χ1) is 7.15. The van der Waals surface area contributed by atoms with Crippen molar-refractivity contribution in [1.82, 2.24) is 9.44 Å². The van der Waals surface area contributed by atoms with Crippen LogP contribution in [0.5, 0.6) is 0 Å². The van der Waals surface area contributed by atoms with E-state index in [0.717, 1.165) is 0 Å². The average Bonchev–Trinajstić information content (AvgIpc) is 2.10. The van der Waals surface area contributed by atoms with Crippen LogP contribution in [0.2, 0.25) is 0 Å². The third-order valence-corrected chi connectivity index (χ3v) is 3.01. The highest BCUT2D eigenvalue weighted by Crippen LogP contribution is 2.03. The fourth-order valence-electron chi connectivity index (χ4n) is 0.957. The van der Waals surface area contributed by atoms with Gasteiger partial charge in [-0.15, -0.1) is 0 Å². The average molecular weight is 252 g/mol. The molecule has 0 aromatic carbocycles. The molecule has 7 heteroatoms. The normalized spacial score (nSPS) is 14.4. The number of aliphatic carboxylic acids is 1. The van der Waals surface area contributed by atoms with Crippen molar-refractivity contribution in [2.75, 3.05) is 6.54 Å². The second-order valence-corrected chi connectivity index (χ2v) is 5.95. The van der Waals surface area contributed by atoms with Crippen molar-refractivity contribution in [1.29, 1.82) is 0 Å². The van der Waals surface area contributed by atoms with E-state index in [-0.39, 0.29) is 18.4 Å². The highest BCUT2D eigenvalue weighted by atomic mass is 32.2. The van der Waals surface area contributed by atoms with Crippen molar-refractivity contribution in [3.8, 4) is 0 Å². The number of carbonyl (C=O) groups is 1. The fourth-order valence-corrected chi connectivity index (χ4v) is 2.30. The van der Waals surface area contributed by atoms with Crippen molar-refractivity contribution >= 4 is 16.2 Å². The van der Waals surface area contributed by atoms with E-state index in [0.29, 0.717) is 0 Å².